The molecule has 0 unspecified atom stereocenters. The van der Waals surface area contributed by atoms with Crippen LogP contribution in [-0.2, 0) is 0 Å². The summed E-state index contributed by atoms with van der Waals surface area (Å²) < 4.78 is 4.69. The van der Waals surface area contributed by atoms with Crippen molar-refractivity contribution in [3.63, 3.8) is 0 Å². The van der Waals surface area contributed by atoms with E-state index in [0.717, 1.165) is 5.62 Å². The third kappa shape index (κ3) is 2.46. The predicted molar refractivity (Wildman–Crippen MR) is 80.3 cm³/mol. The molecule has 0 N–H and O–H groups in total. The van der Waals surface area contributed by atoms with Crippen molar-refractivity contribution in [1.82, 2.24) is 9.13 Å². The van der Waals surface area contributed by atoms with Gasteiger partial charge in [-0.25, -0.2) is 4.99 Å². The quantitative estimate of drug-likeness (QED) is 0.793. The van der Waals surface area contributed by atoms with Crippen LogP contribution < -0.4 is 5.62 Å². The van der Waals surface area contributed by atoms with Crippen molar-refractivity contribution < 1.29 is 0 Å². The maximum Gasteiger partial charge on any atom is 0.206 e. The minimum absolute atomic E-state index is 0.177. The molecule has 0 saturated heterocycles. The Balaban J connectivity index is 2.71. The first-order valence-electron chi connectivity index (χ1n) is 7.12. The van der Waals surface area contributed by atoms with Crippen LogP contribution in [0.3, 0.4) is 0 Å². The van der Waals surface area contributed by atoms with E-state index in [0.29, 0.717) is 12.1 Å². The van der Waals surface area contributed by atoms with Gasteiger partial charge in [0.05, 0.1) is 6.04 Å². The molecule has 2 rings (SSSR count). The fourth-order valence-corrected chi connectivity index (χ4v) is 2.77. The Hall–Kier alpha value is -1.51. The fourth-order valence-electron chi connectivity index (χ4n) is 2.77. The third-order valence-electron chi connectivity index (χ3n) is 3.70. The molecule has 19 heavy (non-hydrogen) atoms. The number of allylic oxidation sites excluding steroid dienone is 2. The first-order valence-corrected chi connectivity index (χ1v) is 7.12. The molecule has 0 amide bonds. The molecule has 0 saturated carbocycles. The minimum Gasteiger partial charge on any atom is -0.312 e. The van der Waals surface area contributed by atoms with Crippen molar-refractivity contribution in [2.45, 2.75) is 59.7 Å². The largest absolute Gasteiger partial charge is 0.312 e. The monoisotopic (exact) mass is 259 g/mol. The van der Waals surface area contributed by atoms with Gasteiger partial charge in [-0.3, -0.25) is 0 Å². The van der Waals surface area contributed by atoms with E-state index in [1.54, 1.807) is 0 Å². The van der Waals surface area contributed by atoms with Gasteiger partial charge in [-0.2, -0.15) is 0 Å². The normalized spacial score (nSPS) is 15.2. The van der Waals surface area contributed by atoms with Gasteiger partial charge in [0.15, 0.2) is 0 Å². The zero-order chi connectivity index (χ0) is 14.2. The second-order valence-corrected chi connectivity index (χ2v) is 5.79. The molecule has 1 aliphatic rings. The molecule has 0 aromatic carbocycles. The van der Waals surface area contributed by atoms with E-state index >= 15 is 0 Å². The van der Waals surface area contributed by atoms with Crippen LogP contribution in [0.15, 0.2) is 29.3 Å². The molecule has 0 aliphatic heterocycles. The van der Waals surface area contributed by atoms with Gasteiger partial charge in [0, 0.05) is 23.5 Å². The van der Waals surface area contributed by atoms with Crippen LogP contribution in [0.4, 0.5) is 0 Å². The fraction of sp³-hybridized carbons (Fsp3) is 0.562. The topological polar surface area (TPSA) is 22.2 Å². The van der Waals surface area contributed by atoms with Gasteiger partial charge in [0.2, 0.25) is 5.62 Å². The van der Waals surface area contributed by atoms with Crippen LogP contribution in [0, 0.1) is 13.8 Å². The van der Waals surface area contributed by atoms with Gasteiger partial charge in [0.1, 0.15) is 0 Å². The summed E-state index contributed by atoms with van der Waals surface area (Å²) >= 11 is 0. The molecule has 0 fully saturated rings. The highest BCUT2D eigenvalue weighted by atomic mass is 15.2. The van der Waals surface area contributed by atoms with Crippen LogP contribution in [0.1, 0.15) is 51.2 Å². The maximum atomic E-state index is 4.93. The lowest BCUT2D eigenvalue weighted by Gasteiger charge is -2.13. The molecule has 0 spiro atoms. The summed E-state index contributed by atoms with van der Waals surface area (Å²) in [5.74, 6) is 0. The summed E-state index contributed by atoms with van der Waals surface area (Å²) in [6, 6.07) is 1.02. The summed E-state index contributed by atoms with van der Waals surface area (Å²) in [5, 5.41) is 0. The maximum absolute atomic E-state index is 4.93. The van der Waals surface area contributed by atoms with Crippen LogP contribution in [0.5, 0.6) is 0 Å². The van der Waals surface area contributed by atoms with Gasteiger partial charge in [0.25, 0.3) is 0 Å². The predicted octanol–water partition coefficient (Wildman–Crippen LogP) is 3.46. The number of hydrogen-bond acceptors (Lipinski definition) is 1. The van der Waals surface area contributed by atoms with Gasteiger partial charge >= 0.3 is 0 Å². The van der Waals surface area contributed by atoms with E-state index in [2.05, 4.69) is 75.0 Å². The molecule has 3 nitrogen and oxygen atoms in total. The Bertz CT molecular complexity index is 533. The Morgan fingerprint density at radius 1 is 0.895 bits per heavy atom. The van der Waals surface area contributed by atoms with Crippen molar-refractivity contribution in [2.75, 3.05) is 0 Å². The van der Waals surface area contributed by atoms with E-state index in [1.807, 2.05) is 0 Å². The van der Waals surface area contributed by atoms with Gasteiger partial charge in [-0.1, -0.05) is 24.3 Å². The molecule has 1 heterocycles. The summed E-state index contributed by atoms with van der Waals surface area (Å²) in [6.45, 7) is 13.3. The molecular weight excluding hydrogens is 234 g/mol. The number of nitrogens with zero attached hydrogens (tertiary/aromatic N) is 3. The van der Waals surface area contributed by atoms with Crippen molar-refractivity contribution in [3.8, 4) is 0 Å². The standard InChI is InChI=1S/C16H25N3/c1-11(2)18-13(5)14(6)19(12(3)4)16(18)17-15-9-7-8-10-15/h7-12,15H,1-6H3. The van der Waals surface area contributed by atoms with E-state index in [9.17, 15) is 0 Å². The van der Waals surface area contributed by atoms with Gasteiger partial charge in [-0.15, -0.1) is 0 Å². The van der Waals surface area contributed by atoms with E-state index < -0.39 is 0 Å². The first kappa shape index (κ1) is 13.9. The molecule has 0 atom stereocenters. The molecule has 3 heteroatoms. The lowest BCUT2D eigenvalue weighted by atomic mass is 10.3. The second kappa shape index (κ2) is 5.24. The van der Waals surface area contributed by atoms with Crippen LogP contribution in [0.2, 0.25) is 0 Å². The molecule has 0 bridgehead atoms. The average Bonchev–Trinajstić information content (AvgIpc) is 2.87. The van der Waals surface area contributed by atoms with E-state index in [1.165, 1.54) is 11.4 Å². The molecular formula is C16H25N3. The third-order valence-corrected chi connectivity index (χ3v) is 3.70. The van der Waals surface area contributed by atoms with Crippen molar-refractivity contribution in [1.29, 1.82) is 0 Å². The molecule has 1 aliphatic carbocycles. The zero-order valence-corrected chi connectivity index (χ0v) is 12.9. The van der Waals surface area contributed by atoms with Gasteiger partial charge < -0.3 is 9.13 Å². The number of rotatable bonds is 3. The van der Waals surface area contributed by atoms with E-state index in [4.69, 9.17) is 4.99 Å². The van der Waals surface area contributed by atoms with Crippen LogP contribution >= 0.6 is 0 Å². The Morgan fingerprint density at radius 3 is 1.68 bits per heavy atom. The number of imidazole rings is 1. The number of aromatic nitrogens is 2. The summed E-state index contributed by atoms with van der Waals surface area (Å²) in [6.07, 6.45) is 8.40. The Labute approximate surface area is 116 Å². The lowest BCUT2D eigenvalue weighted by Crippen LogP contribution is -2.30. The van der Waals surface area contributed by atoms with Crippen LogP contribution in [0.25, 0.3) is 0 Å². The highest BCUT2D eigenvalue weighted by molar-refractivity contribution is 5.22. The minimum atomic E-state index is 0.177. The van der Waals surface area contributed by atoms with Gasteiger partial charge in [-0.05, 0) is 41.5 Å². The SMILES string of the molecule is Cc1c(C)n(C(C)C)c(=NC2C=CC=C2)n1C(C)C. The van der Waals surface area contributed by atoms with Crippen LogP contribution in [-0.4, -0.2) is 15.2 Å². The molecule has 1 aromatic heterocycles. The molecule has 1 aromatic rings. The average molecular weight is 259 g/mol. The Morgan fingerprint density at radius 2 is 1.32 bits per heavy atom. The van der Waals surface area contributed by atoms with E-state index in [-0.39, 0.29) is 6.04 Å². The highest BCUT2D eigenvalue weighted by Crippen LogP contribution is 2.16. The summed E-state index contributed by atoms with van der Waals surface area (Å²) in [7, 11) is 0. The molecule has 104 valence electrons. The van der Waals surface area contributed by atoms with Crippen molar-refractivity contribution in [2.24, 2.45) is 4.99 Å². The first-order chi connectivity index (χ1) is 8.93. The molecule has 0 radical (unpaired) electrons. The smallest absolute Gasteiger partial charge is 0.206 e. The highest BCUT2D eigenvalue weighted by Gasteiger charge is 2.17. The zero-order valence-electron chi connectivity index (χ0n) is 12.9. The number of hydrogen-bond donors (Lipinski definition) is 0. The summed E-state index contributed by atoms with van der Waals surface area (Å²) in [5.41, 5.74) is 3.71. The lowest BCUT2D eigenvalue weighted by molar-refractivity contribution is 0.496. The summed E-state index contributed by atoms with van der Waals surface area (Å²) in [4.78, 5) is 4.93. The van der Waals surface area contributed by atoms with Crippen molar-refractivity contribution >= 4 is 0 Å². The Kier molecular flexibility index (Phi) is 3.83. The second-order valence-electron chi connectivity index (χ2n) is 5.79. The van der Waals surface area contributed by atoms with Crippen molar-refractivity contribution in [3.05, 3.63) is 41.3 Å².